The van der Waals surface area contributed by atoms with E-state index in [1.807, 2.05) is 0 Å². The van der Waals surface area contributed by atoms with E-state index in [2.05, 4.69) is 0 Å². The molecule has 0 amide bonds. The fourth-order valence-corrected chi connectivity index (χ4v) is 2.65. The van der Waals surface area contributed by atoms with Gasteiger partial charge in [0, 0.05) is 12.8 Å². The van der Waals surface area contributed by atoms with Crippen LogP contribution in [-0.2, 0) is 14.3 Å². The first-order valence-electron chi connectivity index (χ1n) is 8.19. The van der Waals surface area contributed by atoms with Crippen molar-refractivity contribution in [3.8, 4) is 0 Å². The summed E-state index contributed by atoms with van der Waals surface area (Å²) in [5.41, 5.74) is 0.402. The smallest absolute Gasteiger partial charge is 0.338 e. The van der Waals surface area contributed by atoms with E-state index in [1.165, 1.54) is 0 Å². The highest BCUT2D eigenvalue weighted by Gasteiger charge is 2.49. The zero-order chi connectivity index (χ0) is 17.6. The number of alkyl halides is 2. The molecule has 0 spiro atoms. The quantitative estimate of drug-likeness (QED) is 0.506. The fraction of sp³-hybridized carbons (Fsp3) is 0.556. The van der Waals surface area contributed by atoms with Gasteiger partial charge in [-0.2, -0.15) is 0 Å². The summed E-state index contributed by atoms with van der Waals surface area (Å²) in [7, 11) is 0. The number of carbonyl (C=O) groups is 2. The molecule has 1 fully saturated rings. The van der Waals surface area contributed by atoms with E-state index in [0.717, 1.165) is 0 Å². The number of hydrogen-bond donors (Lipinski definition) is 0. The van der Waals surface area contributed by atoms with Crippen LogP contribution in [0.25, 0.3) is 0 Å². The number of esters is 2. The first kappa shape index (κ1) is 18.4. The lowest BCUT2D eigenvalue weighted by atomic mass is 10.1. The van der Waals surface area contributed by atoms with Crippen molar-refractivity contribution in [1.82, 2.24) is 0 Å². The molecule has 2 atom stereocenters. The van der Waals surface area contributed by atoms with Crippen LogP contribution in [0.1, 0.15) is 43.0 Å². The van der Waals surface area contributed by atoms with E-state index in [-0.39, 0.29) is 50.3 Å². The summed E-state index contributed by atoms with van der Waals surface area (Å²) in [6, 6.07) is 8.42. The van der Waals surface area contributed by atoms with Gasteiger partial charge in [-0.1, -0.05) is 18.2 Å². The summed E-state index contributed by atoms with van der Waals surface area (Å²) in [6.45, 7) is 1.92. The monoisotopic (exact) mass is 340 g/mol. The molecule has 0 aromatic heterocycles. The van der Waals surface area contributed by atoms with Crippen LogP contribution >= 0.6 is 0 Å². The standard InChI is InChI=1S/C18H22F2O4/c1-2-23-17(22)15-11-14(15)12-18(19,20)9-6-10-24-16(21)13-7-4-3-5-8-13/h3-5,7-8,14-15H,2,6,9-12H2,1H3/t14-,15+/m0/s1. The van der Waals surface area contributed by atoms with E-state index in [9.17, 15) is 18.4 Å². The Hall–Kier alpha value is -1.98. The molecule has 0 bridgehead atoms. The lowest BCUT2D eigenvalue weighted by molar-refractivity contribution is -0.145. The summed E-state index contributed by atoms with van der Waals surface area (Å²) >= 11 is 0. The topological polar surface area (TPSA) is 52.6 Å². The van der Waals surface area contributed by atoms with E-state index in [0.29, 0.717) is 12.0 Å². The van der Waals surface area contributed by atoms with Gasteiger partial charge in [-0.25, -0.2) is 13.6 Å². The average molecular weight is 340 g/mol. The third kappa shape index (κ3) is 5.58. The second kappa shape index (κ2) is 8.22. The molecule has 24 heavy (non-hydrogen) atoms. The molecule has 0 unspecified atom stereocenters. The second-order valence-corrected chi connectivity index (χ2v) is 6.02. The van der Waals surface area contributed by atoms with Crippen molar-refractivity contribution < 1.29 is 27.8 Å². The third-order valence-electron chi connectivity index (χ3n) is 4.00. The van der Waals surface area contributed by atoms with Crippen molar-refractivity contribution in [1.29, 1.82) is 0 Å². The van der Waals surface area contributed by atoms with Gasteiger partial charge in [-0.05, 0) is 37.8 Å². The fourth-order valence-electron chi connectivity index (χ4n) is 2.65. The number of benzene rings is 1. The Morgan fingerprint density at radius 2 is 1.92 bits per heavy atom. The molecule has 0 N–H and O–H groups in total. The zero-order valence-electron chi connectivity index (χ0n) is 13.7. The van der Waals surface area contributed by atoms with Crippen molar-refractivity contribution in [2.45, 2.75) is 38.5 Å². The summed E-state index contributed by atoms with van der Waals surface area (Å²) < 4.78 is 37.6. The van der Waals surface area contributed by atoms with E-state index in [4.69, 9.17) is 9.47 Å². The maximum absolute atomic E-state index is 13.9. The van der Waals surface area contributed by atoms with Gasteiger partial charge in [-0.15, -0.1) is 0 Å². The van der Waals surface area contributed by atoms with Crippen molar-refractivity contribution in [3.63, 3.8) is 0 Å². The van der Waals surface area contributed by atoms with Gasteiger partial charge in [0.25, 0.3) is 0 Å². The van der Waals surface area contributed by atoms with Crippen LogP contribution in [0.15, 0.2) is 30.3 Å². The van der Waals surface area contributed by atoms with Crippen molar-refractivity contribution in [2.24, 2.45) is 11.8 Å². The van der Waals surface area contributed by atoms with Gasteiger partial charge < -0.3 is 9.47 Å². The molecule has 1 aliphatic carbocycles. The van der Waals surface area contributed by atoms with Gasteiger partial charge in [0.05, 0.1) is 24.7 Å². The highest BCUT2D eigenvalue weighted by molar-refractivity contribution is 5.89. The Morgan fingerprint density at radius 3 is 2.58 bits per heavy atom. The van der Waals surface area contributed by atoms with Crippen molar-refractivity contribution >= 4 is 11.9 Å². The van der Waals surface area contributed by atoms with Crippen LogP contribution in [0, 0.1) is 11.8 Å². The van der Waals surface area contributed by atoms with Crippen LogP contribution < -0.4 is 0 Å². The number of halogens is 2. The zero-order valence-corrected chi connectivity index (χ0v) is 13.7. The number of carbonyl (C=O) groups excluding carboxylic acids is 2. The molecule has 0 saturated heterocycles. The van der Waals surface area contributed by atoms with Gasteiger partial charge in [0.15, 0.2) is 0 Å². The average Bonchev–Trinajstić information content (AvgIpc) is 3.31. The van der Waals surface area contributed by atoms with Crippen LogP contribution in [0.5, 0.6) is 0 Å². The van der Waals surface area contributed by atoms with E-state index in [1.54, 1.807) is 37.3 Å². The van der Waals surface area contributed by atoms with Crippen LogP contribution in [-0.4, -0.2) is 31.1 Å². The predicted molar refractivity (Wildman–Crippen MR) is 83.8 cm³/mol. The molecule has 0 heterocycles. The molecule has 2 rings (SSSR count). The Bertz CT molecular complexity index is 559. The molecule has 132 valence electrons. The molecule has 6 heteroatoms. The predicted octanol–water partition coefficient (Wildman–Crippen LogP) is 3.85. The Kier molecular flexibility index (Phi) is 6.29. The van der Waals surface area contributed by atoms with Crippen molar-refractivity contribution in [3.05, 3.63) is 35.9 Å². The summed E-state index contributed by atoms with van der Waals surface area (Å²) in [6.07, 6.45) is -0.121. The molecule has 1 aliphatic rings. The summed E-state index contributed by atoms with van der Waals surface area (Å²) in [5, 5.41) is 0. The van der Waals surface area contributed by atoms with Gasteiger partial charge in [-0.3, -0.25) is 4.79 Å². The maximum atomic E-state index is 13.9. The first-order chi connectivity index (χ1) is 11.4. The number of rotatable bonds is 9. The van der Waals surface area contributed by atoms with Crippen LogP contribution in [0.2, 0.25) is 0 Å². The molecule has 1 aromatic carbocycles. The third-order valence-corrected chi connectivity index (χ3v) is 4.00. The highest BCUT2D eigenvalue weighted by Crippen LogP contribution is 2.47. The van der Waals surface area contributed by atoms with E-state index < -0.39 is 11.9 Å². The molecule has 0 radical (unpaired) electrons. The van der Waals surface area contributed by atoms with Crippen LogP contribution in [0.3, 0.4) is 0 Å². The molecule has 1 saturated carbocycles. The second-order valence-electron chi connectivity index (χ2n) is 6.02. The van der Waals surface area contributed by atoms with Gasteiger partial charge in [0.2, 0.25) is 5.92 Å². The first-order valence-corrected chi connectivity index (χ1v) is 8.19. The minimum Gasteiger partial charge on any atom is -0.466 e. The summed E-state index contributed by atoms with van der Waals surface area (Å²) in [4.78, 5) is 23.1. The Labute approximate surface area is 140 Å². The lowest BCUT2D eigenvalue weighted by Crippen LogP contribution is -2.19. The highest BCUT2D eigenvalue weighted by atomic mass is 19.3. The molecular weight excluding hydrogens is 318 g/mol. The van der Waals surface area contributed by atoms with Gasteiger partial charge in [0.1, 0.15) is 0 Å². The largest absolute Gasteiger partial charge is 0.466 e. The molecule has 0 aliphatic heterocycles. The normalized spacial score (nSPS) is 19.6. The van der Waals surface area contributed by atoms with E-state index >= 15 is 0 Å². The molecule has 1 aromatic rings. The molecule has 4 nitrogen and oxygen atoms in total. The minimum atomic E-state index is -2.86. The Morgan fingerprint density at radius 1 is 1.21 bits per heavy atom. The number of ether oxygens (including phenoxy) is 2. The maximum Gasteiger partial charge on any atom is 0.338 e. The lowest BCUT2D eigenvalue weighted by Gasteiger charge is -2.16. The van der Waals surface area contributed by atoms with Crippen molar-refractivity contribution in [2.75, 3.05) is 13.2 Å². The van der Waals surface area contributed by atoms with Gasteiger partial charge >= 0.3 is 11.9 Å². The minimum absolute atomic E-state index is 0.0463. The van der Waals surface area contributed by atoms with Crippen LogP contribution in [0.4, 0.5) is 8.78 Å². The number of hydrogen-bond acceptors (Lipinski definition) is 4. The SMILES string of the molecule is CCOC(=O)[C@@H]1C[C@H]1CC(F)(F)CCCOC(=O)c1ccccc1. The molecular formula is C18H22F2O4. The summed E-state index contributed by atoms with van der Waals surface area (Å²) in [5.74, 6) is -4.43. The Balaban J connectivity index is 1.65.